The highest BCUT2D eigenvalue weighted by atomic mass is 16.2. The number of likely N-dealkylation sites (N-methyl/N-ethyl adjacent to an activating group) is 2. The monoisotopic (exact) mass is 187 g/mol. The van der Waals surface area contributed by atoms with Crippen LogP contribution in [0.5, 0.6) is 0 Å². The van der Waals surface area contributed by atoms with Gasteiger partial charge in [-0.25, -0.2) is 0 Å². The summed E-state index contributed by atoms with van der Waals surface area (Å²) in [6, 6.07) is -0.0171. The first-order valence-corrected chi connectivity index (χ1v) is 4.71. The van der Waals surface area contributed by atoms with Crippen molar-refractivity contribution in [2.45, 2.75) is 25.3 Å². The van der Waals surface area contributed by atoms with E-state index in [0.29, 0.717) is 6.54 Å². The van der Waals surface area contributed by atoms with E-state index in [1.54, 1.807) is 7.05 Å². The quantitative estimate of drug-likeness (QED) is 0.566. The highest BCUT2D eigenvalue weighted by Gasteiger charge is 2.18. The molecule has 4 nitrogen and oxygen atoms in total. The van der Waals surface area contributed by atoms with Crippen LogP contribution in [0.4, 0.5) is 0 Å². The zero-order chi connectivity index (χ0) is 10.3. The third-order valence-electron chi connectivity index (χ3n) is 2.10. The van der Waals surface area contributed by atoms with Crippen molar-refractivity contribution in [2.24, 2.45) is 5.73 Å². The summed E-state index contributed by atoms with van der Waals surface area (Å²) >= 11 is 0. The number of hydrogen-bond donors (Lipinski definition) is 2. The molecule has 0 saturated carbocycles. The first-order chi connectivity index (χ1) is 6.13. The minimum Gasteiger partial charge on any atom is -0.358 e. The number of carbonyl (C=O) groups excluding carboxylic acids is 1. The molecule has 0 aromatic carbocycles. The van der Waals surface area contributed by atoms with Crippen molar-refractivity contribution in [1.29, 1.82) is 0 Å². The van der Waals surface area contributed by atoms with Crippen molar-refractivity contribution in [1.82, 2.24) is 10.2 Å². The maximum absolute atomic E-state index is 11.4. The number of hydrogen-bond acceptors (Lipinski definition) is 3. The van der Waals surface area contributed by atoms with E-state index in [0.717, 1.165) is 19.3 Å². The van der Waals surface area contributed by atoms with E-state index >= 15 is 0 Å². The molecule has 0 rings (SSSR count). The standard InChI is InChI=1S/C9H21N3O/c1-11-9(13)8(12(2)3)6-4-5-7-10/h8H,4-7,10H2,1-3H3,(H,11,13)/t8-/m0/s1. The molecule has 0 spiro atoms. The molecule has 13 heavy (non-hydrogen) atoms. The predicted molar refractivity (Wildman–Crippen MR) is 54.4 cm³/mol. The van der Waals surface area contributed by atoms with Gasteiger partial charge in [0.05, 0.1) is 6.04 Å². The van der Waals surface area contributed by atoms with E-state index in [2.05, 4.69) is 5.32 Å². The van der Waals surface area contributed by atoms with Gasteiger partial charge in [-0.05, 0) is 33.5 Å². The van der Waals surface area contributed by atoms with Crippen LogP contribution in [0.3, 0.4) is 0 Å². The van der Waals surface area contributed by atoms with Crippen molar-refractivity contribution < 1.29 is 4.79 Å². The molecule has 0 heterocycles. The second kappa shape index (κ2) is 6.86. The molecule has 0 aliphatic carbocycles. The van der Waals surface area contributed by atoms with E-state index in [1.165, 1.54) is 0 Å². The maximum Gasteiger partial charge on any atom is 0.237 e. The van der Waals surface area contributed by atoms with E-state index in [-0.39, 0.29) is 11.9 Å². The molecule has 0 aliphatic rings. The Morgan fingerprint density at radius 2 is 2.08 bits per heavy atom. The van der Waals surface area contributed by atoms with Crippen molar-refractivity contribution in [2.75, 3.05) is 27.7 Å². The van der Waals surface area contributed by atoms with Gasteiger partial charge in [0.25, 0.3) is 0 Å². The van der Waals surface area contributed by atoms with Gasteiger partial charge in [0.2, 0.25) is 5.91 Å². The average molecular weight is 187 g/mol. The molecular weight excluding hydrogens is 166 g/mol. The summed E-state index contributed by atoms with van der Waals surface area (Å²) in [5.74, 6) is 0.0852. The SMILES string of the molecule is CNC(=O)[C@H](CCCCN)N(C)C. The molecule has 78 valence electrons. The van der Waals surface area contributed by atoms with Crippen LogP contribution in [-0.2, 0) is 4.79 Å². The minimum absolute atomic E-state index is 0.0171. The molecule has 1 atom stereocenters. The van der Waals surface area contributed by atoms with Gasteiger partial charge in [0.15, 0.2) is 0 Å². The van der Waals surface area contributed by atoms with Gasteiger partial charge in [-0.1, -0.05) is 6.42 Å². The molecule has 0 unspecified atom stereocenters. The van der Waals surface area contributed by atoms with Gasteiger partial charge in [0, 0.05) is 7.05 Å². The van der Waals surface area contributed by atoms with Gasteiger partial charge in [-0.3, -0.25) is 9.69 Å². The minimum atomic E-state index is -0.0171. The lowest BCUT2D eigenvalue weighted by atomic mass is 10.1. The van der Waals surface area contributed by atoms with Crippen LogP contribution in [0.15, 0.2) is 0 Å². The Labute approximate surface area is 80.5 Å². The third-order valence-corrected chi connectivity index (χ3v) is 2.10. The largest absolute Gasteiger partial charge is 0.358 e. The second-order valence-corrected chi connectivity index (χ2v) is 3.38. The molecule has 0 radical (unpaired) electrons. The summed E-state index contributed by atoms with van der Waals surface area (Å²) in [7, 11) is 5.51. The smallest absolute Gasteiger partial charge is 0.237 e. The molecule has 0 aliphatic heterocycles. The van der Waals surface area contributed by atoms with E-state index < -0.39 is 0 Å². The third kappa shape index (κ3) is 4.85. The van der Waals surface area contributed by atoms with E-state index in [9.17, 15) is 4.79 Å². The fraction of sp³-hybridized carbons (Fsp3) is 0.889. The zero-order valence-electron chi connectivity index (χ0n) is 8.84. The fourth-order valence-electron chi connectivity index (χ4n) is 1.27. The number of rotatable bonds is 6. The van der Waals surface area contributed by atoms with Gasteiger partial charge in [0.1, 0.15) is 0 Å². The number of nitrogens with two attached hydrogens (primary N) is 1. The summed E-state index contributed by atoms with van der Waals surface area (Å²) in [6.07, 6.45) is 2.87. The van der Waals surface area contributed by atoms with Gasteiger partial charge in [-0.15, -0.1) is 0 Å². The van der Waals surface area contributed by atoms with Crippen molar-refractivity contribution in [3.05, 3.63) is 0 Å². The second-order valence-electron chi connectivity index (χ2n) is 3.38. The number of nitrogens with one attached hydrogen (secondary N) is 1. The molecule has 0 bridgehead atoms. The highest BCUT2D eigenvalue weighted by Crippen LogP contribution is 2.05. The van der Waals surface area contributed by atoms with Crippen LogP contribution in [0, 0.1) is 0 Å². The summed E-state index contributed by atoms with van der Waals surface area (Å²) in [4.78, 5) is 13.3. The first kappa shape index (κ1) is 12.4. The molecular formula is C9H21N3O. The summed E-state index contributed by atoms with van der Waals surface area (Å²) < 4.78 is 0. The number of nitrogens with zero attached hydrogens (tertiary/aromatic N) is 1. The lowest BCUT2D eigenvalue weighted by Gasteiger charge is -2.22. The Morgan fingerprint density at radius 1 is 1.46 bits per heavy atom. The van der Waals surface area contributed by atoms with Crippen molar-refractivity contribution in [3.63, 3.8) is 0 Å². The molecule has 0 aromatic heterocycles. The topological polar surface area (TPSA) is 58.4 Å². The Hall–Kier alpha value is -0.610. The predicted octanol–water partition coefficient (Wildman–Crippen LogP) is -0.208. The number of amides is 1. The van der Waals surface area contributed by atoms with Crippen LogP contribution >= 0.6 is 0 Å². The molecule has 4 heteroatoms. The number of unbranched alkanes of at least 4 members (excludes halogenated alkanes) is 1. The molecule has 0 saturated heterocycles. The summed E-state index contributed by atoms with van der Waals surface area (Å²) in [5.41, 5.74) is 5.39. The average Bonchev–Trinajstić information content (AvgIpc) is 2.11. The van der Waals surface area contributed by atoms with Crippen molar-refractivity contribution >= 4 is 5.91 Å². The Balaban J connectivity index is 3.88. The van der Waals surface area contributed by atoms with Crippen molar-refractivity contribution in [3.8, 4) is 0 Å². The van der Waals surface area contributed by atoms with Crippen LogP contribution in [-0.4, -0.2) is 44.5 Å². The van der Waals surface area contributed by atoms with Crippen LogP contribution in [0.2, 0.25) is 0 Å². The molecule has 0 aromatic rings. The molecule has 1 amide bonds. The summed E-state index contributed by atoms with van der Waals surface area (Å²) in [6.45, 7) is 0.702. The van der Waals surface area contributed by atoms with Gasteiger partial charge < -0.3 is 11.1 Å². The zero-order valence-corrected chi connectivity index (χ0v) is 8.84. The Morgan fingerprint density at radius 3 is 2.46 bits per heavy atom. The van der Waals surface area contributed by atoms with Gasteiger partial charge in [-0.2, -0.15) is 0 Å². The van der Waals surface area contributed by atoms with E-state index in [4.69, 9.17) is 5.73 Å². The Kier molecular flexibility index (Phi) is 6.54. The normalized spacial score (nSPS) is 13.0. The van der Waals surface area contributed by atoms with Gasteiger partial charge >= 0.3 is 0 Å². The lowest BCUT2D eigenvalue weighted by Crippen LogP contribution is -2.42. The van der Waals surface area contributed by atoms with Crippen LogP contribution < -0.4 is 11.1 Å². The molecule has 0 fully saturated rings. The first-order valence-electron chi connectivity index (χ1n) is 4.71. The Bertz CT molecular complexity index is 148. The van der Waals surface area contributed by atoms with E-state index in [1.807, 2.05) is 19.0 Å². The number of carbonyl (C=O) groups is 1. The van der Waals surface area contributed by atoms with Crippen LogP contribution in [0.1, 0.15) is 19.3 Å². The highest BCUT2D eigenvalue weighted by molar-refractivity contribution is 5.81. The fourth-order valence-corrected chi connectivity index (χ4v) is 1.27. The maximum atomic E-state index is 11.4. The summed E-state index contributed by atoms with van der Waals surface area (Å²) in [5, 5.41) is 2.66. The molecule has 3 N–H and O–H groups in total. The van der Waals surface area contributed by atoms with Crippen LogP contribution in [0.25, 0.3) is 0 Å². The lowest BCUT2D eigenvalue weighted by molar-refractivity contribution is -0.125.